The number of aryl methyl sites for hydroxylation is 1. The molecule has 0 spiro atoms. The van der Waals surface area contributed by atoms with E-state index in [9.17, 15) is 22.8 Å². The molecule has 0 bridgehead atoms. The summed E-state index contributed by atoms with van der Waals surface area (Å²) in [5.41, 5.74) is 2.04. The summed E-state index contributed by atoms with van der Waals surface area (Å²) >= 11 is 6.09. The lowest BCUT2D eigenvalue weighted by molar-refractivity contribution is -0.171. The molecule has 1 aliphatic heterocycles. The molecule has 3 rings (SSSR count). The monoisotopic (exact) mass is 416 g/mol. The predicted molar refractivity (Wildman–Crippen MR) is 99.8 cm³/mol. The zero-order valence-corrected chi connectivity index (χ0v) is 16.4. The van der Waals surface area contributed by atoms with E-state index in [1.54, 1.807) is 6.07 Å². The lowest BCUT2D eigenvalue weighted by atomic mass is 9.77. The number of carbonyl (C=O) groups is 2. The van der Waals surface area contributed by atoms with Crippen molar-refractivity contribution < 1.29 is 22.8 Å². The molecule has 0 saturated carbocycles. The van der Waals surface area contributed by atoms with Crippen molar-refractivity contribution in [2.75, 3.05) is 0 Å². The average molecular weight is 417 g/mol. The number of alkyl halides is 3. The highest BCUT2D eigenvalue weighted by atomic mass is 35.5. The quantitative estimate of drug-likeness (QED) is 0.718. The fourth-order valence-corrected chi connectivity index (χ4v) is 4.49. The first-order chi connectivity index (χ1) is 13.2. The van der Waals surface area contributed by atoms with Gasteiger partial charge in [-0.2, -0.15) is 13.2 Å². The van der Waals surface area contributed by atoms with Gasteiger partial charge in [-0.3, -0.25) is 9.59 Å². The molecule has 4 nitrogen and oxygen atoms in total. The van der Waals surface area contributed by atoms with Gasteiger partial charge in [-0.15, -0.1) is 0 Å². The molecule has 1 fully saturated rings. The van der Waals surface area contributed by atoms with Crippen LogP contribution in [0.25, 0.3) is 0 Å². The molecule has 1 saturated heterocycles. The normalized spacial score (nSPS) is 27.7. The third-order valence-corrected chi connectivity index (χ3v) is 5.98. The smallest absolute Gasteiger partial charge is 0.348 e. The molecule has 1 heterocycles. The maximum atomic E-state index is 12.8. The molecule has 4 atom stereocenters. The molecule has 1 aromatic rings. The third kappa shape index (κ3) is 4.45. The van der Waals surface area contributed by atoms with Crippen LogP contribution < -0.4 is 10.6 Å². The fraction of sp³-hybridized carbons (Fsp3) is 0.600. The van der Waals surface area contributed by atoms with Gasteiger partial charge in [0.1, 0.15) is 12.0 Å². The van der Waals surface area contributed by atoms with Crippen LogP contribution in [0.15, 0.2) is 18.2 Å². The van der Waals surface area contributed by atoms with Gasteiger partial charge < -0.3 is 10.6 Å². The first kappa shape index (κ1) is 21.0. The lowest BCUT2D eigenvalue weighted by Crippen LogP contribution is -2.55. The highest BCUT2D eigenvalue weighted by Crippen LogP contribution is 2.38. The molecule has 2 amide bonds. The number of nitrogens with one attached hydrogen (secondary N) is 2. The minimum atomic E-state index is -4.50. The summed E-state index contributed by atoms with van der Waals surface area (Å²) in [5.74, 6) is -2.24. The van der Waals surface area contributed by atoms with E-state index < -0.39 is 30.0 Å². The number of amides is 2. The SMILES string of the molecule is CCCC1CCc2cc(Cl)ccc2C1NC(=O)C1CCC(C(F)(F)F)NC1=O. The highest BCUT2D eigenvalue weighted by molar-refractivity contribution is 6.30. The molecule has 1 aromatic carbocycles. The largest absolute Gasteiger partial charge is 0.408 e. The van der Waals surface area contributed by atoms with E-state index in [0.717, 1.165) is 36.8 Å². The van der Waals surface area contributed by atoms with E-state index in [1.165, 1.54) is 0 Å². The molecule has 0 radical (unpaired) electrons. The van der Waals surface area contributed by atoms with Crippen molar-refractivity contribution in [1.29, 1.82) is 0 Å². The van der Waals surface area contributed by atoms with Crippen LogP contribution in [0.4, 0.5) is 13.2 Å². The Bertz CT molecular complexity index is 753. The predicted octanol–water partition coefficient (Wildman–Crippen LogP) is 4.32. The summed E-state index contributed by atoms with van der Waals surface area (Å²) < 4.78 is 38.5. The number of hydrogen-bond acceptors (Lipinski definition) is 2. The van der Waals surface area contributed by atoms with Crippen LogP contribution in [0.2, 0.25) is 5.02 Å². The molecule has 28 heavy (non-hydrogen) atoms. The summed E-state index contributed by atoms with van der Waals surface area (Å²) in [4.78, 5) is 24.9. The number of halogens is 4. The molecule has 154 valence electrons. The van der Waals surface area contributed by atoms with Gasteiger partial charge in [0.25, 0.3) is 0 Å². The molecule has 0 aromatic heterocycles. The van der Waals surface area contributed by atoms with E-state index in [-0.39, 0.29) is 24.8 Å². The lowest BCUT2D eigenvalue weighted by Gasteiger charge is -2.36. The first-order valence-corrected chi connectivity index (χ1v) is 10.0. The Kier molecular flexibility index (Phi) is 6.22. The van der Waals surface area contributed by atoms with Crippen molar-refractivity contribution >= 4 is 23.4 Å². The number of piperidine rings is 1. The van der Waals surface area contributed by atoms with Gasteiger partial charge in [0, 0.05) is 5.02 Å². The van der Waals surface area contributed by atoms with Gasteiger partial charge >= 0.3 is 6.18 Å². The van der Waals surface area contributed by atoms with Crippen molar-refractivity contribution in [3.63, 3.8) is 0 Å². The van der Waals surface area contributed by atoms with Crippen molar-refractivity contribution in [1.82, 2.24) is 10.6 Å². The second-order valence-corrected chi connectivity index (χ2v) is 8.09. The van der Waals surface area contributed by atoms with Crippen LogP contribution in [-0.2, 0) is 16.0 Å². The molecule has 2 aliphatic rings. The van der Waals surface area contributed by atoms with Gasteiger partial charge in [0.15, 0.2) is 0 Å². The summed E-state index contributed by atoms with van der Waals surface area (Å²) in [6.45, 7) is 2.07. The van der Waals surface area contributed by atoms with E-state index >= 15 is 0 Å². The van der Waals surface area contributed by atoms with Gasteiger partial charge in [-0.1, -0.05) is 31.0 Å². The average Bonchev–Trinajstić information content (AvgIpc) is 2.62. The Morgan fingerprint density at radius 1 is 1.29 bits per heavy atom. The van der Waals surface area contributed by atoms with E-state index in [4.69, 9.17) is 11.6 Å². The highest BCUT2D eigenvalue weighted by Gasteiger charge is 2.46. The Morgan fingerprint density at radius 2 is 2.04 bits per heavy atom. The Labute approximate surface area is 167 Å². The summed E-state index contributed by atoms with van der Waals surface area (Å²) in [6.07, 6.45) is -1.27. The van der Waals surface area contributed by atoms with Crippen LogP contribution in [0.1, 0.15) is 56.2 Å². The zero-order chi connectivity index (χ0) is 20.5. The van der Waals surface area contributed by atoms with Gasteiger partial charge in [0.05, 0.1) is 6.04 Å². The summed E-state index contributed by atoms with van der Waals surface area (Å²) in [5, 5.41) is 5.53. The summed E-state index contributed by atoms with van der Waals surface area (Å²) in [6, 6.07) is 3.41. The zero-order valence-electron chi connectivity index (χ0n) is 15.6. The first-order valence-electron chi connectivity index (χ1n) is 9.66. The van der Waals surface area contributed by atoms with Gasteiger partial charge in [-0.05, 0) is 61.3 Å². The second kappa shape index (κ2) is 8.31. The van der Waals surface area contributed by atoms with E-state index in [2.05, 4.69) is 12.2 Å². The fourth-order valence-electron chi connectivity index (χ4n) is 4.29. The molecule has 8 heteroatoms. The van der Waals surface area contributed by atoms with E-state index in [0.29, 0.717) is 5.02 Å². The van der Waals surface area contributed by atoms with Crippen molar-refractivity contribution in [2.45, 2.75) is 63.7 Å². The molecule has 1 aliphatic carbocycles. The van der Waals surface area contributed by atoms with Crippen molar-refractivity contribution in [3.05, 3.63) is 34.3 Å². The number of rotatable bonds is 4. The standard InChI is InChI=1S/C20H24ClF3N2O2/c1-2-3-11-4-5-12-10-13(21)6-7-14(12)17(11)26-19(28)15-8-9-16(20(22,23)24)25-18(15)27/h6-7,10-11,15-17H,2-5,8-9H2,1H3,(H,25,27)(H,26,28). The molecular formula is C20H24ClF3N2O2. The minimum Gasteiger partial charge on any atom is -0.348 e. The van der Waals surface area contributed by atoms with Crippen LogP contribution in [0, 0.1) is 11.8 Å². The van der Waals surface area contributed by atoms with Crippen LogP contribution in [-0.4, -0.2) is 24.0 Å². The molecular weight excluding hydrogens is 393 g/mol. The van der Waals surface area contributed by atoms with Gasteiger partial charge in [0.2, 0.25) is 11.8 Å². The summed E-state index contributed by atoms with van der Waals surface area (Å²) in [7, 11) is 0. The maximum absolute atomic E-state index is 12.8. The number of hydrogen-bond donors (Lipinski definition) is 2. The Balaban J connectivity index is 1.75. The Hall–Kier alpha value is -1.76. The maximum Gasteiger partial charge on any atom is 0.408 e. The minimum absolute atomic E-state index is 0.111. The van der Waals surface area contributed by atoms with Crippen LogP contribution >= 0.6 is 11.6 Å². The topological polar surface area (TPSA) is 58.2 Å². The van der Waals surface area contributed by atoms with Crippen molar-refractivity contribution in [3.8, 4) is 0 Å². The molecule has 4 unspecified atom stereocenters. The third-order valence-electron chi connectivity index (χ3n) is 5.74. The van der Waals surface area contributed by atoms with Crippen LogP contribution in [0.5, 0.6) is 0 Å². The second-order valence-electron chi connectivity index (χ2n) is 7.65. The van der Waals surface area contributed by atoms with E-state index in [1.807, 2.05) is 17.4 Å². The Morgan fingerprint density at radius 3 is 2.68 bits per heavy atom. The number of carbonyl (C=O) groups excluding carboxylic acids is 2. The van der Waals surface area contributed by atoms with Gasteiger partial charge in [-0.25, -0.2) is 0 Å². The number of benzene rings is 1. The number of fused-ring (bicyclic) bond motifs is 1. The van der Waals surface area contributed by atoms with Crippen molar-refractivity contribution in [2.24, 2.45) is 11.8 Å². The van der Waals surface area contributed by atoms with Crippen LogP contribution in [0.3, 0.4) is 0 Å². The molecule has 2 N–H and O–H groups in total.